The smallest absolute Gasteiger partial charge is 0.235 e. The van der Waals surface area contributed by atoms with E-state index in [1.54, 1.807) is 7.11 Å². The summed E-state index contributed by atoms with van der Waals surface area (Å²) in [5.41, 5.74) is 6.56. The number of aromatic hydroxyl groups is 1. The third-order valence-corrected chi connectivity index (χ3v) is 6.77. The summed E-state index contributed by atoms with van der Waals surface area (Å²) in [5.74, 6) is 1.31. The molecule has 3 heterocycles. The molecule has 9 heteroatoms. The normalized spacial score (nSPS) is 20.6. The molecule has 1 aliphatic heterocycles. The molecule has 0 saturated carbocycles. The Kier molecular flexibility index (Phi) is 5.42. The minimum absolute atomic E-state index is 0.0762. The van der Waals surface area contributed by atoms with Gasteiger partial charge in [0.15, 0.2) is 11.9 Å². The molecule has 1 amide bonds. The summed E-state index contributed by atoms with van der Waals surface area (Å²) in [4.78, 5) is 18.9. The number of aryl methyl sites for hydroxylation is 1. The second-order valence-corrected chi connectivity index (χ2v) is 8.42. The van der Waals surface area contributed by atoms with Crippen LogP contribution >= 0.6 is 11.3 Å². The average molecular weight is 417 g/mol. The van der Waals surface area contributed by atoms with Gasteiger partial charge in [-0.05, 0) is 12.1 Å². The zero-order valence-corrected chi connectivity index (χ0v) is 17.4. The van der Waals surface area contributed by atoms with Crippen LogP contribution in [0.4, 0.5) is 0 Å². The summed E-state index contributed by atoms with van der Waals surface area (Å²) in [7, 11) is 1.65. The molecule has 4 N–H and O–H groups in total. The lowest BCUT2D eigenvalue weighted by Gasteiger charge is -2.33. The van der Waals surface area contributed by atoms with Crippen LogP contribution in [0.1, 0.15) is 42.1 Å². The van der Waals surface area contributed by atoms with Gasteiger partial charge >= 0.3 is 0 Å². The minimum Gasteiger partial charge on any atom is -0.497 e. The summed E-state index contributed by atoms with van der Waals surface area (Å²) < 4.78 is 6.95. The number of quaternary nitrogens is 1. The van der Waals surface area contributed by atoms with Gasteiger partial charge in [-0.15, -0.1) is 5.10 Å². The predicted molar refractivity (Wildman–Crippen MR) is 109 cm³/mol. The highest BCUT2D eigenvalue weighted by Gasteiger charge is 2.36. The maximum absolute atomic E-state index is 11.6. The second kappa shape index (κ2) is 8.00. The average Bonchev–Trinajstić information content (AvgIpc) is 3.28. The van der Waals surface area contributed by atoms with E-state index in [0.29, 0.717) is 17.2 Å². The highest BCUT2D eigenvalue weighted by molar-refractivity contribution is 7.17. The van der Waals surface area contributed by atoms with E-state index in [1.165, 1.54) is 20.8 Å². The van der Waals surface area contributed by atoms with Crippen molar-refractivity contribution in [1.29, 1.82) is 0 Å². The summed E-state index contributed by atoms with van der Waals surface area (Å²) in [6.45, 7) is 3.58. The van der Waals surface area contributed by atoms with E-state index in [0.717, 1.165) is 42.1 Å². The van der Waals surface area contributed by atoms with Gasteiger partial charge in [-0.25, -0.2) is 4.98 Å². The van der Waals surface area contributed by atoms with Crippen LogP contribution in [0.5, 0.6) is 11.6 Å². The molecule has 4 rings (SSSR count). The van der Waals surface area contributed by atoms with Crippen LogP contribution in [0.2, 0.25) is 0 Å². The van der Waals surface area contributed by atoms with E-state index in [2.05, 4.69) is 10.1 Å². The molecular formula is C20H26N5O3S+. The molecule has 1 aromatic carbocycles. The van der Waals surface area contributed by atoms with Crippen LogP contribution in [0.25, 0.3) is 4.96 Å². The molecule has 0 aliphatic carbocycles. The number of amides is 1. The first-order valence-corrected chi connectivity index (χ1v) is 10.7. The molecule has 0 radical (unpaired) electrons. The number of nitrogens with one attached hydrogen (secondary N) is 1. The van der Waals surface area contributed by atoms with Gasteiger partial charge in [0.1, 0.15) is 10.6 Å². The fourth-order valence-electron chi connectivity index (χ4n) is 4.08. The molecule has 1 fully saturated rings. The number of hydrogen-bond donors (Lipinski definition) is 3. The van der Waals surface area contributed by atoms with E-state index in [9.17, 15) is 9.90 Å². The number of methoxy groups -OCH3 is 1. The van der Waals surface area contributed by atoms with E-state index >= 15 is 0 Å². The summed E-state index contributed by atoms with van der Waals surface area (Å²) in [5, 5.41) is 15.4. The number of benzene rings is 1. The van der Waals surface area contributed by atoms with Crippen LogP contribution in [-0.2, 0) is 11.2 Å². The van der Waals surface area contributed by atoms with Gasteiger partial charge < -0.3 is 20.5 Å². The Morgan fingerprint density at radius 3 is 2.83 bits per heavy atom. The van der Waals surface area contributed by atoms with E-state index in [4.69, 9.17) is 10.5 Å². The SMILES string of the molecule is CCc1nc2sc([C@@H](c3cccc(OC)c3)[NH+]3CCC(C(N)=O)CC3)c(O)n2n1. The first-order chi connectivity index (χ1) is 14.0. The standard InChI is InChI=1S/C20H25N5O3S/c1-3-15-22-20-25(23-15)19(27)17(29-20)16(13-5-4-6-14(11-13)28-2)24-9-7-12(8-10-24)18(21)26/h4-6,11-12,16,27H,3,7-10H2,1-2H3,(H2,21,26)/p+1/t16-/m1/s1. The number of aromatic nitrogens is 3. The predicted octanol–water partition coefficient (Wildman–Crippen LogP) is 0.937. The van der Waals surface area contributed by atoms with Gasteiger partial charge in [0, 0.05) is 30.7 Å². The van der Waals surface area contributed by atoms with Gasteiger partial charge in [0.05, 0.1) is 20.2 Å². The summed E-state index contributed by atoms with van der Waals surface area (Å²) >= 11 is 1.46. The first kappa shape index (κ1) is 19.7. The van der Waals surface area contributed by atoms with Gasteiger partial charge in [-0.2, -0.15) is 4.52 Å². The number of primary amides is 1. The second-order valence-electron chi connectivity index (χ2n) is 7.41. The maximum atomic E-state index is 11.6. The van der Waals surface area contributed by atoms with Gasteiger partial charge in [0.2, 0.25) is 16.7 Å². The Bertz CT molecular complexity index is 1020. The van der Waals surface area contributed by atoms with Crippen molar-refractivity contribution in [2.45, 2.75) is 32.2 Å². The van der Waals surface area contributed by atoms with Crippen molar-refractivity contribution in [3.63, 3.8) is 0 Å². The highest BCUT2D eigenvalue weighted by atomic mass is 32.1. The molecule has 29 heavy (non-hydrogen) atoms. The lowest BCUT2D eigenvalue weighted by molar-refractivity contribution is -0.930. The van der Waals surface area contributed by atoms with Crippen LogP contribution in [0.3, 0.4) is 0 Å². The quantitative estimate of drug-likeness (QED) is 0.554. The summed E-state index contributed by atoms with van der Waals surface area (Å²) in [6, 6.07) is 7.82. The topological polar surface area (TPSA) is 107 Å². The number of hydrogen-bond acceptors (Lipinski definition) is 6. The van der Waals surface area contributed by atoms with Crippen LogP contribution in [0.15, 0.2) is 24.3 Å². The number of carbonyl (C=O) groups is 1. The number of likely N-dealkylation sites (tertiary alicyclic amines) is 1. The molecule has 0 spiro atoms. The fourth-order valence-corrected chi connectivity index (χ4v) is 5.24. The van der Waals surface area contributed by atoms with Gasteiger partial charge in [-0.3, -0.25) is 4.79 Å². The van der Waals surface area contributed by atoms with Crippen molar-refractivity contribution in [3.8, 4) is 11.6 Å². The maximum Gasteiger partial charge on any atom is 0.235 e. The van der Waals surface area contributed by atoms with Gasteiger partial charge in [-0.1, -0.05) is 30.4 Å². The highest BCUT2D eigenvalue weighted by Crippen LogP contribution is 2.36. The van der Waals surface area contributed by atoms with Crippen molar-refractivity contribution < 1.29 is 19.5 Å². The monoisotopic (exact) mass is 416 g/mol. The Hall–Kier alpha value is -2.65. The lowest BCUT2D eigenvalue weighted by atomic mass is 9.93. The number of nitrogens with zero attached hydrogens (tertiary/aromatic N) is 3. The van der Waals surface area contributed by atoms with Crippen LogP contribution < -0.4 is 15.4 Å². The number of piperidine rings is 1. The van der Waals surface area contributed by atoms with E-state index in [-0.39, 0.29) is 23.7 Å². The Balaban J connectivity index is 1.75. The molecule has 1 atom stereocenters. The first-order valence-electron chi connectivity index (χ1n) is 9.87. The number of carbonyl (C=O) groups excluding carboxylic acids is 1. The Morgan fingerprint density at radius 2 is 2.21 bits per heavy atom. The van der Waals surface area contributed by atoms with E-state index < -0.39 is 0 Å². The molecule has 154 valence electrons. The zero-order chi connectivity index (χ0) is 20.5. The number of thiazole rings is 1. The fraction of sp³-hybridized carbons (Fsp3) is 0.450. The van der Waals surface area contributed by atoms with Crippen molar-refractivity contribution >= 4 is 22.2 Å². The summed E-state index contributed by atoms with van der Waals surface area (Å²) in [6.07, 6.45) is 2.20. The Labute approximate surface area is 172 Å². The lowest BCUT2D eigenvalue weighted by Crippen LogP contribution is -3.13. The van der Waals surface area contributed by atoms with Crippen molar-refractivity contribution in [2.75, 3.05) is 20.2 Å². The number of fused-ring (bicyclic) bond motifs is 1. The molecular weight excluding hydrogens is 390 g/mol. The van der Waals surface area contributed by atoms with Crippen LogP contribution in [0, 0.1) is 5.92 Å². The minimum atomic E-state index is -0.226. The van der Waals surface area contributed by atoms with Crippen molar-refractivity contribution in [2.24, 2.45) is 11.7 Å². The van der Waals surface area contributed by atoms with Crippen molar-refractivity contribution in [3.05, 3.63) is 40.5 Å². The molecule has 0 bridgehead atoms. The van der Waals surface area contributed by atoms with E-state index in [1.807, 2.05) is 31.2 Å². The van der Waals surface area contributed by atoms with Crippen molar-refractivity contribution in [1.82, 2.24) is 14.6 Å². The molecule has 0 unspecified atom stereocenters. The largest absolute Gasteiger partial charge is 0.497 e. The molecule has 1 saturated heterocycles. The molecule has 8 nitrogen and oxygen atoms in total. The molecule has 2 aromatic heterocycles. The third kappa shape index (κ3) is 3.67. The van der Waals surface area contributed by atoms with Gasteiger partial charge in [0.25, 0.3) is 0 Å². The Morgan fingerprint density at radius 1 is 1.45 bits per heavy atom. The van der Waals surface area contributed by atoms with Crippen LogP contribution in [-0.4, -0.2) is 45.8 Å². The molecule has 3 aromatic rings. The molecule has 1 aliphatic rings. The zero-order valence-electron chi connectivity index (χ0n) is 16.6. The number of nitrogens with two attached hydrogens (primary N) is 1. The number of rotatable bonds is 6. The third-order valence-electron chi connectivity index (χ3n) is 5.69. The number of ether oxygens (including phenoxy) is 1.